The fraction of sp³-hybridized carbons (Fsp3) is 0.409. The second-order valence-electron chi connectivity index (χ2n) is 7.42. The van der Waals surface area contributed by atoms with Gasteiger partial charge in [-0.1, -0.05) is 11.6 Å². The lowest BCUT2D eigenvalue weighted by Gasteiger charge is -2.32. The first-order valence-electron chi connectivity index (χ1n) is 9.91. The van der Waals surface area contributed by atoms with Crippen molar-refractivity contribution < 1.29 is 19.1 Å². The van der Waals surface area contributed by atoms with Crippen LogP contribution in [-0.4, -0.2) is 42.7 Å². The van der Waals surface area contributed by atoms with Gasteiger partial charge in [-0.2, -0.15) is 0 Å². The van der Waals surface area contributed by atoms with E-state index in [1.807, 2.05) is 4.90 Å². The molecule has 160 valence electrons. The van der Waals surface area contributed by atoms with Gasteiger partial charge < -0.3 is 15.0 Å². The number of nitrogens with one attached hydrogen (secondary N) is 1. The molecule has 1 aromatic heterocycles. The maximum absolute atomic E-state index is 12.8. The number of anilines is 1. The minimum Gasteiger partial charge on any atom is -0.495 e. The second-order valence-corrected chi connectivity index (χ2v) is 8.91. The molecule has 1 aliphatic rings. The lowest BCUT2D eigenvalue weighted by molar-refractivity contribution is -0.116. The number of hydrogen-bond acceptors (Lipinski definition) is 5. The van der Waals surface area contributed by atoms with Gasteiger partial charge in [0, 0.05) is 25.2 Å². The molecule has 6 nitrogen and oxygen atoms in total. The molecule has 0 spiro atoms. The number of halogens is 1. The first-order chi connectivity index (χ1) is 14.4. The van der Waals surface area contributed by atoms with Gasteiger partial charge in [0.25, 0.3) is 5.91 Å². The molecule has 1 fully saturated rings. The van der Waals surface area contributed by atoms with E-state index < -0.39 is 0 Å². The van der Waals surface area contributed by atoms with Gasteiger partial charge in [0.2, 0.25) is 5.91 Å². The fourth-order valence-electron chi connectivity index (χ4n) is 3.59. The minimum atomic E-state index is -0.0796. The van der Waals surface area contributed by atoms with Crippen molar-refractivity contribution in [1.29, 1.82) is 0 Å². The zero-order chi connectivity index (χ0) is 21.7. The monoisotopic (exact) mass is 448 g/mol. The number of Topliss-reactive ketones (excluding diaryl/α,β-unsaturated/α-hetero) is 1. The summed E-state index contributed by atoms with van der Waals surface area (Å²) in [6.45, 7) is 2.84. The molecular formula is C22H25ClN2O4S. The van der Waals surface area contributed by atoms with Crippen LogP contribution in [0.1, 0.15) is 52.0 Å². The van der Waals surface area contributed by atoms with Gasteiger partial charge in [-0.05, 0) is 62.4 Å². The summed E-state index contributed by atoms with van der Waals surface area (Å²) in [5, 5.41) is 3.30. The van der Waals surface area contributed by atoms with E-state index in [1.54, 1.807) is 37.4 Å². The van der Waals surface area contributed by atoms with Gasteiger partial charge in [-0.25, -0.2) is 0 Å². The molecule has 1 aromatic carbocycles. The summed E-state index contributed by atoms with van der Waals surface area (Å²) in [6.07, 6.45) is 3.00. The average Bonchev–Trinajstić information content (AvgIpc) is 3.23. The molecule has 0 bridgehead atoms. The van der Waals surface area contributed by atoms with Crippen molar-refractivity contribution in [3.63, 3.8) is 0 Å². The third-order valence-electron chi connectivity index (χ3n) is 5.19. The number of benzene rings is 1. The number of carbonyl (C=O) groups is 3. The zero-order valence-electron chi connectivity index (χ0n) is 17.1. The number of methoxy groups -OCH3 is 1. The molecule has 0 unspecified atom stereocenters. The molecule has 3 rings (SSSR count). The quantitative estimate of drug-likeness (QED) is 0.612. The molecule has 2 heterocycles. The predicted molar refractivity (Wildman–Crippen MR) is 119 cm³/mol. The number of piperidine rings is 1. The molecule has 1 saturated heterocycles. The molecule has 1 aliphatic heterocycles. The summed E-state index contributed by atoms with van der Waals surface area (Å²) in [4.78, 5) is 39.6. The van der Waals surface area contributed by atoms with Gasteiger partial charge in [0.15, 0.2) is 5.78 Å². The Balaban J connectivity index is 1.50. The SMILES string of the molecule is COc1ccc(NC(=O)CC[C@H]2CCCN(C(=O)c3ccc(C(C)=O)s3)C2)cc1Cl. The maximum Gasteiger partial charge on any atom is 0.263 e. The molecule has 2 amide bonds. The number of carbonyl (C=O) groups excluding carboxylic acids is 3. The van der Waals surface area contributed by atoms with Crippen molar-refractivity contribution in [2.45, 2.75) is 32.6 Å². The van der Waals surface area contributed by atoms with Gasteiger partial charge in [-0.15, -0.1) is 11.3 Å². The molecule has 0 saturated carbocycles. The van der Waals surface area contributed by atoms with Crippen molar-refractivity contribution in [2.24, 2.45) is 5.92 Å². The van der Waals surface area contributed by atoms with Crippen molar-refractivity contribution in [3.05, 3.63) is 45.1 Å². The number of rotatable bonds is 7. The average molecular weight is 449 g/mol. The molecule has 8 heteroatoms. The highest BCUT2D eigenvalue weighted by molar-refractivity contribution is 7.15. The van der Waals surface area contributed by atoms with Crippen molar-refractivity contribution in [2.75, 3.05) is 25.5 Å². The van der Waals surface area contributed by atoms with Crippen LogP contribution in [0.2, 0.25) is 5.02 Å². The number of nitrogens with zero attached hydrogens (tertiary/aromatic N) is 1. The van der Waals surface area contributed by atoms with Gasteiger partial charge in [0.1, 0.15) is 5.75 Å². The highest BCUT2D eigenvalue weighted by Crippen LogP contribution is 2.28. The van der Waals surface area contributed by atoms with Crippen LogP contribution >= 0.6 is 22.9 Å². The lowest BCUT2D eigenvalue weighted by atomic mass is 9.93. The van der Waals surface area contributed by atoms with E-state index in [0.717, 1.165) is 12.8 Å². The van der Waals surface area contributed by atoms with Crippen LogP contribution in [0.15, 0.2) is 30.3 Å². The summed E-state index contributed by atoms with van der Waals surface area (Å²) >= 11 is 7.34. The topological polar surface area (TPSA) is 75.7 Å². The van der Waals surface area contributed by atoms with Gasteiger partial charge in [0.05, 0.1) is 21.9 Å². The summed E-state index contributed by atoms with van der Waals surface area (Å²) < 4.78 is 5.11. The van der Waals surface area contributed by atoms with E-state index in [0.29, 0.717) is 52.1 Å². The summed E-state index contributed by atoms with van der Waals surface area (Å²) in [7, 11) is 1.54. The third kappa shape index (κ3) is 5.61. The Morgan fingerprint density at radius 1 is 1.23 bits per heavy atom. The lowest BCUT2D eigenvalue weighted by Crippen LogP contribution is -2.39. The van der Waals surface area contributed by atoms with Crippen molar-refractivity contribution in [3.8, 4) is 5.75 Å². The predicted octanol–water partition coefficient (Wildman–Crippen LogP) is 4.88. The molecule has 0 aliphatic carbocycles. The molecule has 1 atom stereocenters. The standard InChI is InChI=1S/C22H25ClN2O4S/c1-14(26)19-8-9-20(30-19)22(28)25-11-3-4-15(13-25)5-10-21(27)24-16-6-7-18(29-2)17(23)12-16/h6-9,12,15H,3-5,10-11,13H2,1-2H3,(H,24,27)/t15-/m1/s1. The Hall–Kier alpha value is -2.38. The summed E-state index contributed by atoms with van der Waals surface area (Å²) in [5.74, 6) is 0.696. The molecule has 1 N–H and O–H groups in total. The second kappa shape index (κ2) is 10.1. The Morgan fingerprint density at radius 3 is 2.67 bits per heavy atom. The number of hydrogen-bond donors (Lipinski definition) is 1. The van der Waals surface area contributed by atoms with Crippen LogP contribution in [0.25, 0.3) is 0 Å². The maximum atomic E-state index is 12.8. The van der Waals surface area contributed by atoms with Crippen LogP contribution in [0.5, 0.6) is 5.75 Å². The van der Waals surface area contributed by atoms with E-state index in [2.05, 4.69) is 5.32 Å². The Morgan fingerprint density at radius 2 is 2.00 bits per heavy atom. The smallest absolute Gasteiger partial charge is 0.263 e. The molecule has 2 aromatic rings. The van der Waals surface area contributed by atoms with Crippen molar-refractivity contribution >= 4 is 46.2 Å². The van der Waals surface area contributed by atoms with Crippen LogP contribution < -0.4 is 10.1 Å². The van der Waals surface area contributed by atoms with E-state index in [4.69, 9.17) is 16.3 Å². The summed E-state index contributed by atoms with van der Waals surface area (Å²) in [6, 6.07) is 8.55. The van der Waals surface area contributed by atoms with Crippen LogP contribution in [0, 0.1) is 5.92 Å². The van der Waals surface area contributed by atoms with E-state index in [1.165, 1.54) is 18.3 Å². The zero-order valence-corrected chi connectivity index (χ0v) is 18.6. The van der Waals surface area contributed by atoms with Crippen LogP contribution in [0.3, 0.4) is 0 Å². The highest BCUT2D eigenvalue weighted by Gasteiger charge is 2.26. The van der Waals surface area contributed by atoms with E-state index in [9.17, 15) is 14.4 Å². The van der Waals surface area contributed by atoms with Gasteiger partial charge in [-0.3, -0.25) is 14.4 Å². The van der Waals surface area contributed by atoms with E-state index >= 15 is 0 Å². The first-order valence-corrected chi connectivity index (χ1v) is 11.1. The number of ketones is 1. The normalized spacial score (nSPS) is 16.2. The van der Waals surface area contributed by atoms with E-state index in [-0.39, 0.29) is 23.5 Å². The number of ether oxygens (including phenoxy) is 1. The number of likely N-dealkylation sites (tertiary alicyclic amines) is 1. The first kappa shape index (κ1) is 22.3. The Kier molecular flexibility index (Phi) is 7.50. The molecule has 30 heavy (non-hydrogen) atoms. The fourth-order valence-corrected chi connectivity index (χ4v) is 4.71. The summed E-state index contributed by atoms with van der Waals surface area (Å²) in [5.41, 5.74) is 0.630. The number of thiophene rings is 1. The minimum absolute atomic E-state index is 0.0280. The third-order valence-corrected chi connectivity index (χ3v) is 6.65. The van der Waals surface area contributed by atoms with Crippen LogP contribution in [0.4, 0.5) is 5.69 Å². The van der Waals surface area contributed by atoms with Crippen LogP contribution in [-0.2, 0) is 4.79 Å². The number of amides is 2. The molecule has 0 radical (unpaired) electrons. The highest BCUT2D eigenvalue weighted by atomic mass is 35.5. The Bertz CT molecular complexity index is 943. The van der Waals surface area contributed by atoms with Crippen molar-refractivity contribution in [1.82, 2.24) is 4.90 Å². The molecular weight excluding hydrogens is 424 g/mol. The Labute approximate surface area is 185 Å². The largest absolute Gasteiger partial charge is 0.495 e. The van der Waals surface area contributed by atoms with Gasteiger partial charge >= 0.3 is 0 Å².